The predicted octanol–water partition coefficient (Wildman–Crippen LogP) is 5.52. The van der Waals surface area contributed by atoms with E-state index in [0.29, 0.717) is 10.8 Å². The number of hydrogen-bond donors (Lipinski definition) is 0. The largest absolute Gasteiger partial charge is 0.0599 e. The minimum absolute atomic E-state index is 0.523. The molecule has 0 saturated heterocycles. The fourth-order valence-corrected chi connectivity index (χ4v) is 4.55. The summed E-state index contributed by atoms with van der Waals surface area (Å²) in [6, 6.07) is 0. The standard InChI is InChI=1S/C17H32/c1-16(2,3)14-10-12-7-8-15(17(4,5)6)13(9-12)11-14/h12-15H,7-11H2,1-6H3. The molecular formula is C17H32. The molecule has 0 radical (unpaired) electrons. The van der Waals surface area contributed by atoms with E-state index in [4.69, 9.17) is 0 Å². The monoisotopic (exact) mass is 236 g/mol. The summed E-state index contributed by atoms with van der Waals surface area (Å²) in [6.07, 6.45) is 7.55. The first-order valence-electron chi connectivity index (χ1n) is 7.68. The molecule has 0 aliphatic heterocycles. The first-order valence-corrected chi connectivity index (χ1v) is 7.68. The maximum absolute atomic E-state index is 2.46. The third-order valence-electron chi connectivity index (χ3n) is 5.63. The van der Waals surface area contributed by atoms with Gasteiger partial charge in [-0.05, 0) is 60.2 Å². The molecule has 0 nitrogen and oxygen atoms in total. The van der Waals surface area contributed by atoms with Crippen molar-refractivity contribution in [1.29, 1.82) is 0 Å². The summed E-state index contributed by atoms with van der Waals surface area (Å²) in [5, 5.41) is 0. The lowest BCUT2D eigenvalue weighted by Crippen LogP contribution is -2.41. The molecule has 4 unspecified atom stereocenters. The van der Waals surface area contributed by atoms with E-state index in [1.165, 1.54) is 32.1 Å². The summed E-state index contributed by atoms with van der Waals surface area (Å²) >= 11 is 0. The van der Waals surface area contributed by atoms with Crippen LogP contribution in [0.5, 0.6) is 0 Å². The molecule has 2 rings (SSSR count). The summed E-state index contributed by atoms with van der Waals surface area (Å²) < 4.78 is 0. The van der Waals surface area contributed by atoms with Gasteiger partial charge in [-0.2, -0.15) is 0 Å². The van der Waals surface area contributed by atoms with Gasteiger partial charge >= 0.3 is 0 Å². The first-order chi connectivity index (χ1) is 7.68. The Bertz CT molecular complexity index is 263. The quantitative estimate of drug-likeness (QED) is 0.519. The Labute approximate surface area is 109 Å². The highest BCUT2D eigenvalue weighted by molar-refractivity contribution is 4.94. The van der Waals surface area contributed by atoms with Crippen LogP contribution in [0.15, 0.2) is 0 Å². The maximum Gasteiger partial charge on any atom is -0.0337 e. The number of fused-ring (bicyclic) bond motifs is 2. The first kappa shape index (κ1) is 13.4. The van der Waals surface area contributed by atoms with E-state index in [1.807, 2.05) is 0 Å². The van der Waals surface area contributed by atoms with Crippen LogP contribution in [0.3, 0.4) is 0 Å². The molecule has 0 spiro atoms. The van der Waals surface area contributed by atoms with Crippen LogP contribution in [-0.4, -0.2) is 0 Å². The highest BCUT2D eigenvalue weighted by Gasteiger charge is 2.44. The van der Waals surface area contributed by atoms with Gasteiger partial charge in [-0.25, -0.2) is 0 Å². The smallest absolute Gasteiger partial charge is 0.0337 e. The van der Waals surface area contributed by atoms with E-state index in [0.717, 1.165) is 23.7 Å². The molecule has 0 heteroatoms. The lowest BCUT2D eigenvalue weighted by Gasteiger charge is -2.51. The zero-order valence-corrected chi connectivity index (χ0v) is 12.8. The molecule has 0 N–H and O–H groups in total. The molecule has 0 amide bonds. The molecule has 4 atom stereocenters. The van der Waals surface area contributed by atoms with Gasteiger partial charge in [-0.1, -0.05) is 48.0 Å². The Hall–Kier alpha value is 0. The molecular weight excluding hydrogens is 204 g/mol. The van der Waals surface area contributed by atoms with Crippen LogP contribution in [0, 0.1) is 34.5 Å². The van der Waals surface area contributed by atoms with Crippen molar-refractivity contribution >= 4 is 0 Å². The van der Waals surface area contributed by atoms with Crippen molar-refractivity contribution in [2.75, 3.05) is 0 Å². The van der Waals surface area contributed by atoms with Gasteiger partial charge < -0.3 is 0 Å². The minimum Gasteiger partial charge on any atom is -0.0599 e. The Kier molecular flexibility index (Phi) is 3.38. The van der Waals surface area contributed by atoms with Crippen LogP contribution in [0.1, 0.15) is 73.6 Å². The highest BCUT2D eigenvalue weighted by atomic mass is 14.5. The summed E-state index contributed by atoms with van der Waals surface area (Å²) in [7, 11) is 0. The molecule has 2 aliphatic rings. The van der Waals surface area contributed by atoms with Gasteiger partial charge in [0.15, 0.2) is 0 Å². The fourth-order valence-electron chi connectivity index (χ4n) is 4.55. The lowest BCUT2D eigenvalue weighted by atomic mass is 9.55. The van der Waals surface area contributed by atoms with E-state index in [9.17, 15) is 0 Å². The molecule has 2 fully saturated rings. The van der Waals surface area contributed by atoms with Crippen molar-refractivity contribution in [1.82, 2.24) is 0 Å². The molecule has 17 heavy (non-hydrogen) atoms. The van der Waals surface area contributed by atoms with E-state index in [2.05, 4.69) is 41.5 Å². The van der Waals surface area contributed by atoms with Gasteiger partial charge in [0.05, 0.1) is 0 Å². The Morgan fingerprint density at radius 1 is 0.706 bits per heavy atom. The van der Waals surface area contributed by atoms with Gasteiger partial charge in [0.1, 0.15) is 0 Å². The average Bonchev–Trinajstić information content (AvgIpc) is 2.13. The van der Waals surface area contributed by atoms with E-state index < -0.39 is 0 Å². The Morgan fingerprint density at radius 2 is 1.35 bits per heavy atom. The normalized spacial score (nSPS) is 39.2. The fraction of sp³-hybridized carbons (Fsp3) is 1.00. The van der Waals surface area contributed by atoms with Crippen LogP contribution >= 0.6 is 0 Å². The highest BCUT2D eigenvalue weighted by Crippen LogP contribution is 2.54. The third kappa shape index (κ3) is 2.88. The Balaban J connectivity index is 2.11. The SMILES string of the molecule is CC(C)(C)C1CC2CCC(C(C)(C)C)C(C2)C1. The zero-order valence-electron chi connectivity index (χ0n) is 12.8. The van der Waals surface area contributed by atoms with Gasteiger partial charge in [0.25, 0.3) is 0 Å². The molecule has 0 aromatic heterocycles. The maximum atomic E-state index is 2.46. The molecule has 2 saturated carbocycles. The second kappa shape index (κ2) is 4.28. The van der Waals surface area contributed by atoms with Crippen molar-refractivity contribution in [3.63, 3.8) is 0 Å². The second-order valence-corrected chi connectivity index (χ2v) is 8.95. The topological polar surface area (TPSA) is 0 Å². The third-order valence-corrected chi connectivity index (χ3v) is 5.63. The lowest BCUT2D eigenvalue weighted by molar-refractivity contribution is -0.00510. The van der Waals surface area contributed by atoms with Crippen LogP contribution in [-0.2, 0) is 0 Å². The van der Waals surface area contributed by atoms with Crippen LogP contribution in [0.25, 0.3) is 0 Å². The van der Waals surface area contributed by atoms with Gasteiger partial charge in [-0.3, -0.25) is 0 Å². The Morgan fingerprint density at radius 3 is 1.88 bits per heavy atom. The summed E-state index contributed by atoms with van der Waals surface area (Å²) in [5.41, 5.74) is 1.05. The van der Waals surface area contributed by atoms with E-state index >= 15 is 0 Å². The van der Waals surface area contributed by atoms with Crippen LogP contribution in [0.2, 0.25) is 0 Å². The molecule has 100 valence electrons. The van der Waals surface area contributed by atoms with Crippen molar-refractivity contribution in [2.45, 2.75) is 73.6 Å². The minimum atomic E-state index is 0.523. The van der Waals surface area contributed by atoms with Crippen molar-refractivity contribution in [2.24, 2.45) is 34.5 Å². The van der Waals surface area contributed by atoms with Gasteiger partial charge in [0.2, 0.25) is 0 Å². The van der Waals surface area contributed by atoms with Gasteiger partial charge in [0, 0.05) is 0 Å². The van der Waals surface area contributed by atoms with Crippen molar-refractivity contribution < 1.29 is 0 Å². The molecule has 0 heterocycles. The van der Waals surface area contributed by atoms with Crippen LogP contribution in [0.4, 0.5) is 0 Å². The predicted molar refractivity (Wildman–Crippen MR) is 76.0 cm³/mol. The average molecular weight is 236 g/mol. The summed E-state index contributed by atoms with van der Waals surface area (Å²) in [5.74, 6) is 4.02. The molecule has 2 bridgehead atoms. The second-order valence-electron chi connectivity index (χ2n) is 8.95. The number of hydrogen-bond acceptors (Lipinski definition) is 0. The molecule has 0 aromatic carbocycles. The van der Waals surface area contributed by atoms with Gasteiger partial charge in [-0.15, -0.1) is 0 Å². The molecule has 0 aromatic rings. The van der Waals surface area contributed by atoms with E-state index in [-0.39, 0.29) is 0 Å². The number of rotatable bonds is 0. The van der Waals surface area contributed by atoms with E-state index in [1.54, 1.807) is 0 Å². The van der Waals surface area contributed by atoms with Crippen molar-refractivity contribution in [3.8, 4) is 0 Å². The summed E-state index contributed by atoms with van der Waals surface area (Å²) in [6.45, 7) is 14.7. The van der Waals surface area contributed by atoms with Crippen LogP contribution < -0.4 is 0 Å². The zero-order chi connectivity index (χ0) is 12.8. The molecule has 2 aliphatic carbocycles. The van der Waals surface area contributed by atoms with Crippen molar-refractivity contribution in [3.05, 3.63) is 0 Å². The summed E-state index contributed by atoms with van der Waals surface area (Å²) in [4.78, 5) is 0.